The topological polar surface area (TPSA) is 7.76 Å². The highest BCUT2D eigenvalue weighted by molar-refractivity contribution is 4.84. The molecule has 0 atom stereocenters. The van der Waals surface area contributed by atoms with Crippen LogP contribution in [0.15, 0.2) is 61.2 Å². The Balaban J connectivity index is 0.00000264. The van der Waals surface area contributed by atoms with E-state index in [2.05, 4.69) is 70.3 Å². The molecular weight excluding hydrogens is 428 g/mol. The number of aromatic nitrogens is 2. The molecule has 2 rings (SSSR count). The van der Waals surface area contributed by atoms with E-state index in [4.69, 9.17) is 0 Å². The van der Waals surface area contributed by atoms with Crippen LogP contribution in [0.1, 0.15) is 51.4 Å². The molecule has 0 aromatic carbocycles. The summed E-state index contributed by atoms with van der Waals surface area (Å²) in [6.45, 7) is 2.32. The van der Waals surface area contributed by atoms with Gasteiger partial charge in [-0.25, -0.2) is 9.13 Å². The van der Waals surface area contributed by atoms with Gasteiger partial charge in [0.05, 0.1) is 0 Å². The van der Waals surface area contributed by atoms with Crippen LogP contribution in [0.2, 0.25) is 0 Å². The van der Waals surface area contributed by atoms with E-state index in [1.54, 1.807) is 0 Å². The van der Waals surface area contributed by atoms with Gasteiger partial charge in [-0.05, 0) is 12.8 Å². The number of pyridine rings is 2. The molecule has 0 saturated heterocycles. The minimum absolute atomic E-state index is 0. The van der Waals surface area contributed by atoms with Crippen molar-refractivity contribution in [3.05, 3.63) is 61.2 Å². The summed E-state index contributed by atoms with van der Waals surface area (Å²) in [6.07, 6.45) is 19.5. The lowest BCUT2D eigenvalue weighted by Crippen LogP contribution is -3.00. The van der Waals surface area contributed by atoms with E-state index in [1.807, 2.05) is 0 Å². The molecule has 0 spiro atoms. The maximum Gasteiger partial charge on any atom is 0.168 e. The minimum Gasteiger partial charge on any atom is -1.00 e. The highest BCUT2D eigenvalue weighted by Crippen LogP contribution is 2.08. The van der Waals surface area contributed by atoms with Gasteiger partial charge in [0.2, 0.25) is 0 Å². The zero-order valence-electron chi connectivity index (χ0n) is 14.5. The first-order chi connectivity index (χ1) is 10.9. The Morgan fingerprint density at radius 2 is 0.667 bits per heavy atom. The van der Waals surface area contributed by atoms with Gasteiger partial charge >= 0.3 is 0 Å². The van der Waals surface area contributed by atoms with Gasteiger partial charge in [0.1, 0.15) is 13.1 Å². The Kier molecular flexibility index (Phi) is 15.3. The lowest BCUT2D eigenvalue weighted by molar-refractivity contribution is -0.697. The molecule has 134 valence electrons. The van der Waals surface area contributed by atoms with Crippen molar-refractivity contribution in [3.63, 3.8) is 0 Å². The van der Waals surface area contributed by atoms with Crippen molar-refractivity contribution in [1.82, 2.24) is 0 Å². The summed E-state index contributed by atoms with van der Waals surface area (Å²) < 4.78 is 4.56. The number of halogens is 2. The lowest BCUT2D eigenvalue weighted by atomic mass is 10.1. The Labute approximate surface area is 168 Å². The quantitative estimate of drug-likeness (QED) is 0.275. The van der Waals surface area contributed by atoms with E-state index < -0.39 is 0 Å². The standard InChI is InChI=1S/C20H30N2.2BrH/c1(3-5-9-15-21-17-11-7-12-18-21)2-4-6-10-16-22-19-13-8-14-20-22;;/h7-8,11-14,17-20H,1-6,9-10,15-16H2;2*1H/q+2;;/p-2. The van der Waals surface area contributed by atoms with Crippen LogP contribution in [0.25, 0.3) is 0 Å². The smallest absolute Gasteiger partial charge is 0.168 e. The normalized spacial score (nSPS) is 9.83. The predicted octanol–water partition coefficient (Wildman–Crippen LogP) is -1.91. The predicted molar refractivity (Wildman–Crippen MR) is 90.2 cm³/mol. The van der Waals surface area contributed by atoms with Crippen LogP contribution in [0.5, 0.6) is 0 Å². The second-order valence-electron chi connectivity index (χ2n) is 6.06. The van der Waals surface area contributed by atoms with E-state index in [9.17, 15) is 0 Å². The van der Waals surface area contributed by atoms with E-state index in [0.29, 0.717) is 0 Å². The third kappa shape index (κ3) is 10.9. The summed E-state index contributed by atoms with van der Waals surface area (Å²) in [6, 6.07) is 12.6. The van der Waals surface area contributed by atoms with Crippen molar-refractivity contribution in [2.75, 3.05) is 0 Å². The maximum atomic E-state index is 2.28. The molecule has 0 saturated carbocycles. The van der Waals surface area contributed by atoms with E-state index >= 15 is 0 Å². The molecule has 24 heavy (non-hydrogen) atoms. The van der Waals surface area contributed by atoms with Crippen molar-refractivity contribution in [2.45, 2.75) is 64.5 Å². The molecule has 2 aromatic heterocycles. The fourth-order valence-electron chi connectivity index (χ4n) is 2.82. The van der Waals surface area contributed by atoms with Crippen molar-refractivity contribution < 1.29 is 43.1 Å². The molecule has 0 N–H and O–H groups in total. The summed E-state index contributed by atoms with van der Waals surface area (Å²) in [5, 5.41) is 0. The third-order valence-corrected chi connectivity index (χ3v) is 4.14. The fourth-order valence-corrected chi connectivity index (χ4v) is 2.82. The molecule has 2 nitrogen and oxygen atoms in total. The third-order valence-electron chi connectivity index (χ3n) is 4.14. The molecule has 0 aliphatic rings. The Hall–Kier alpha value is -0.740. The van der Waals surface area contributed by atoms with Gasteiger partial charge in [-0.3, -0.25) is 0 Å². The van der Waals surface area contributed by atoms with Crippen LogP contribution in [0, 0.1) is 0 Å². The van der Waals surface area contributed by atoms with Crippen molar-refractivity contribution in [1.29, 1.82) is 0 Å². The number of hydrogen-bond donors (Lipinski definition) is 0. The Morgan fingerprint density at radius 1 is 0.375 bits per heavy atom. The minimum atomic E-state index is 0. The summed E-state index contributed by atoms with van der Waals surface area (Å²) >= 11 is 0. The molecular formula is C20H30Br2N2. The largest absolute Gasteiger partial charge is 1.00 e. The van der Waals surface area contributed by atoms with Crippen LogP contribution in [0.3, 0.4) is 0 Å². The average molecular weight is 458 g/mol. The van der Waals surface area contributed by atoms with Gasteiger partial charge < -0.3 is 34.0 Å². The lowest BCUT2D eigenvalue weighted by Gasteiger charge is -2.01. The zero-order valence-corrected chi connectivity index (χ0v) is 17.7. The van der Waals surface area contributed by atoms with Gasteiger partial charge in [0, 0.05) is 37.1 Å². The summed E-state index contributed by atoms with van der Waals surface area (Å²) in [4.78, 5) is 0. The highest BCUT2D eigenvalue weighted by Gasteiger charge is 1.99. The van der Waals surface area contributed by atoms with Gasteiger partial charge in [0.25, 0.3) is 0 Å². The number of nitrogens with zero attached hydrogens (tertiary/aromatic N) is 2. The molecule has 2 heterocycles. The van der Waals surface area contributed by atoms with Crippen LogP contribution in [-0.2, 0) is 13.1 Å². The van der Waals surface area contributed by atoms with Crippen LogP contribution < -0.4 is 43.1 Å². The van der Waals surface area contributed by atoms with E-state index in [1.165, 1.54) is 51.4 Å². The van der Waals surface area contributed by atoms with Crippen LogP contribution in [0.4, 0.5) is 0 Å². The number of rotatable bonds is 11. The summed E-state index contributed by atoms with van der Waals surface area (Å²) in [7, 11) is 0. The monoisotopic (exact) mass is 456 g/mol. The van der Waals surface area contributed by atoms with E-state index in [0.717, 1.165) is 13.1 Å². The van der Waals surface area contributed by atoms with Crippen molar-refractivity contribution in [2.24, 2.45) is 0 Å². The average Bonchev–Trinajstić information content (AvgIpc) is 2.58. The summed E-state index contributed by atoms with van der Waals surface area (Å²) in [5.74, 6) is 0. The van der Waals surface area contributed by atoms with E-state index in [-0.39, 0.29) is 34.0 Å². The molecule has 0 unspecified atom stereocenters. The number of aryl methyl sites for hydroxylation is 2. The number of unbranched alkanes of at least 4 members (excludes halogenated alkanes) is 7. The van der Waals surface area contributed by atoms with Crippen LogP contribution in [-0.4, -0.2) is 0 Å². The van der Waals surface area contributed by atoms with Gasteiger partial charge in [-0.1, -0.05) is 37.8 Å². The second kappa shape index (κ2) is 15.8. The molecule has 0 aliphatic carbocycles. The molecule has 0 aliphatic heterocycles. The number of hydrogen-bond acceptors (Lipinski definition) is 0. The molecule has 0 radical (unpaired) electrons. The first kappa shape index (κ1) is 23.3. The van der Waals surface area contributed by atoms with Gasteiger partial charge in [-0.15, -0.1) is 0 Å². The maximum absolute atomic E-state index is 2.28. The first-order valence-corrected chi connectivity index (χ1v) is 8.83. The molecule has 2 aromatic rings. The first-order valence-electron chi connectivity index (χ1n) is 8.83. The highest BCUT2D eigenvalue weighted by atomic mass is 79.9. The zero-order chi connectivity index (χ0) is 15.3. The Bertz CT molecular complexity index is 444. The Morgan fingerprint density at radius 3 is 1.00 bits per heavy atom. The van der Waals surface area contributed by atoms with Gasteiger partial charge in [0.15, 0.2) is 24.8 Å². The molecule has 0 amide bonds. The molecule has 0 fully saturated rings. The molecule has 0 bridgehead atoms. The molecule has 4 heteroatoms. The van der Waals surface area contributed by atoms with Crippen molar-refractivity contribution in [3.8, 4) is 0 Å². The van der Waals surface area contributed by atoms with Gasteiger partial charge in [-0.2, -0.15) is 0 Å². The fraction of sp³-hybridized carbons (Fsp3) is 0.500. The van der Waals surface area contributed by atoms with Crippen LogP contribution >= 0.6 is 0 Å². The summed E-state index contributed by atoms with van der Waals surface area (Å²) in [5.41, 5.74) is 0. The van der Waals surface area contributed by atoms with Crippen molar-refractivity contribution >= 4 is 0 Å². The second-order valence-corrected chi connectivity index (χ2v) is 6.06. The SMILES string of the molecule is [Br-].[Br-].c1cc[n+](CCCCCCCCCC[n+]2ccccc2)cc1.